The van der Waals surface area contributed by atoms with Crippen molar-refractivity contribution in [2.45, 2.75) is 12.5 Å². The lowest BCUT2D eigenvalue weighted by Crippen LogP contribution is -2.16. The standard InChI is InChI=1S/C16H13ClN2/c1-16(11-18-14-9-7-13(17)8-10-14)15(19-16)12-5-3-2-4-6-12/h2-11H,1H3. The average Bonchev–Trinajstić information content (AvgIpc) is 3.12. The lowest BCUT2D eigenvalue weighted by molar-refractivity contribution is 1.00. The second kappa shape index (κ2) is 4.63. The fourth-order valence-corrected chi connectivity index (χ4v) is 2.10. The molecular weight excluding hydrogens is 256 g/mol. The highest BCUT2D eigenvalue weighted by Gasteiger charge is 2.41. The first-order valence-electron chi connectivity index (χ1n) is 6.14. The van der Waals surface area contributed by atoms with Gasteiger partial charge in [0.1, 0.15) is 5.54 Å². The molecule has 0 amide bonds. The topological polar surface area (TPSA) is 24.7 Å². The van der Waals surface area contributed by atoms with Crippen molar-refractivity contribution in [3.8, 4) is 0 Å². The fraction of sp³-hybridized carbons (Fsp3) is 0.125. The van der Waals surface area contributed by atoms with Crippen LogP contribution in [0.25, 0.3) is 0 Å². The van der Waals surface area contributed by atoms with Crippen molar-refractivity contribution >= 4 is 29.2 Å². The van der Waals surface area contributed by atoms with Gasteiger partial charge in [0.15, 0.2) is 0 Å². The minimum Gasteiger partial charge on any atom is -0.268 e. The summed E-state index contributed by atoms with van der Waals surface area (Å²) in [4.78, 5) is 8.99. The maximum absolute atomic E-state index is 5.84. The molecule has 94 valence electrons. The molecule has 2 aromatic carbocycles. The second-order valence-electron chi connectivity index (χ2n) is 4.71. The van der Waals surface area contributed by atoms with Crippen LogP contribution in [0.1, 0.15) is 12.5 Å². The number of aliphatic imine (C=N–C) groups is 2. The zero-order valence-electron chi connectivity index (χ0n) is 10.5. The third-order valence-electron chi connectivity index (χ3n) is 3.11. The molecule has 2 nitrogen and oxygen atoms in total. The van der Waals surface area contributed by atoms with Crippen LogP contribution < -0.4 is 0 Å². The maximum Gasteiger partial charge on any atom is 0.135 e. The van der Waals surface area contributed by atoms with E-state index < -0.39 is 0 Å². The zero-order valence-corrected chi connectivity index (χ0v) is 11.3. The quantitative estimate of drug-likeness (QED) is 0.742. The normalized spacial score (nSPS) is 21.5. The van der Waals surface area contributed by atoms with E-state index in [4.69, 9.17) is 11.6 Å². The van der Waals surface area contributed by atoms with E-state index in [-0.39, 0.29) is 5.54 Å². The van der Waals surface area contributed by atoms with E-state index in [2.05, 4.69) is 29.0 Å². The summed E-state index contributed by atoms with van der Waals surface area (Å²) in [5, 5.41) is 0.720. The van der Waals surface area contributed by atoms with Crippen LogP contribution >= 0.6 is 11.6 Å². The Kier molecular flexibility index (Phi) is 2.96. The summed E-state index contributed by atoms with van der Waals surface area (Å²) in [6.45, 7) is 2.06. The van der Waals surface area contributed by atoms with Gasteiger partial charge >= 0.3 is 0 Å². The van der Waals surface area contributed by atoms with E-state index in [1.165, 1.54) is 0 Å². The van der Waals surface area contributed by atoms with Crippen molar-refractivity contribution in [3.63, 3.8) is 0 Å². The summed E-state index contributed by atoms with van der Waals surface area (Å²) in [5.41, 5.74) is 2.87. The molecule has 0 saturated carbocycles. The summed E-state index contributed by atoms with van der Waals surface area (Å²) in [7, 11) is 0. The molecule has 0 bridgehead atoms. The predicted molar refractivity (Wildman–Crippen MR) is 81.0 cm³/mol. The van der Waals surface area contributed by atoms with Crippen molar-refractivity contribution in [2.24, 2.45) is 9.98 Å². The highest BCUT2D eigenvalue weighted by molar-refractivity contribution is 6.30. The summed E-state index contributed by atoms with van der Waals surface area (Å²) in [6, 6.07) is 17.6. The monoisotopic (exact) mass is 268 g/mol. The summed E-state index contributed by atoms with van der Waals surface area (Å²) in [6.07, 6.45) is 1.89. The van der Waals surface area contributed by atoms with Gasteiger partial charge < -0.3 is 0 Å². The average molecular weight is 269 g/mol. The van der Waals surface area contributed by atoms with Crippen molar-refractivity contribution in [1.82, 2.24) is 0 Å². The molecule has 1 aliphatic heterocycles. The van der Waals surface area contributed by atoms with Crippen LogP contribution in [0.4, 0.5) is 5.69 Å². The van der Waals surface area contributed by atoms with Gasteiger partial charge in [0, 0.05) is 11.2 Å². The summed E-state index contributed by atoms with van der Waals surface area (Å²) in [5.74, 6) is 0. The molecule has 1 heterocycles. The highest BCUT2D eigenvalue weighted by Crippen LogP contribution is 2.31. The lowest BCUT2D eigenvalue weighted by atomic mass is 10.0. The first-order valence-corrected chi connectivity index (χ1v) is 6.52. The highest BCUT2D eigenvalue weighted by atomic mass is 35.5. The molecule has 0 aromatic heterocycles. The van der Waals surface area contributed by atoms with Gasteiger partial charge in [0.25, 0.3) is 0 Å². The third kappa shape index (κ3) is 2.59. The SMILES string of the molecule is CC1(C=Nc2ccc(Cl)cc2)N=C1c1ccccc1. The predicted octanol–water partition coefficient (Wildman–Crippen LogP) is 4.30. The van der Waals surface area contributed by atoms with E-state index in [9.17, 15) is 0 Å². The van der Waals surface area contributed by atoms with Gasteiger partial charge in [0.05, 0.1) is 11.4 Å². The van der Waals surface area contributed by atoms with Crippen LogP contribution in [0.5, 0.6) is 0 Å². The molecule has 0 N–H and O–H groups in total. The molecule has 0 spiro atoms. The molecule has 1 atom stereocenters. The number of rotatable bonds is 3. The van der Waals surface area contributed by atoms with Gasteiger partial charge in [0.2, 0.25) is 0 Å². The Bertz CT molecular complexity index is 644. The Balaban J connectivity index is 1.74. The molecule has 0 aliphatic carbocycles. The Hall–Kier alpha value is -1.93. The summed E-state index contributed by atoms with van der Waals surface area (Å²) < 4.78 is 0. The van der Waals surface area contributed by atoms with E-state index in [1.54, 1.807) is 0 Å². The van der Waals surface area contributed by atoms with Crippen LogP contribution in [0.2, 0.25) is 5.02 Å². The molecule has 0 saturated heterocycles. The van der Waals surface area contributed by atoms with Crippen molar-refractivity contribution in [1.29, 1.82) is 0 Å². The van der Waals surface area contributed by atoms with Crippen LogP contribution in [0, 0.1) is 0 Å². The molecule has 1 unspecified atom stereocenters. The van der Waals surface area contributed by atoms with Gasteiger partial charge in [-0.25, -0.2) is 0 Å². The van der Waals surface area contributed by atoms with E-state index in [0.29, 0.717) is 0 Å². The van der Waals surface area contributed by atoms with Crippen LogP contribution in [-0.4, -0.2) is 17.5 Å². The lowest BCUT2D eigenvalue weighted by Gasteiger charge is -2.02. The van der Waals surface area contributed by atoms with E-state index in [1.807, 2.05) is 48.7 Å². The van der Waals surface area contributed by atoms with Gasteiger partial charge in [-0.15, -0.1) is 0 Å². The third-order valence-corrected chi connectivity index (χ3v) is 3.36. The Morgan fingerprint density at radius 2 is 1.74 bits per heavy atom. The van der Waals surface area contributed by atoms with Crippen molar-refractivity contribution in [2.75, 3.05) is 0 Å². The summed E-state index contributed by atoms with van der Waals surface area (Å²) >= 11 is 5.84. The molecule has 2 aromatic rings. The first kappa shape index (κ1) is 12.1. The zero-order chi connectivity index (χ0) is 13.3. The number of benzene rings is 2. The van der Waals surface area contributed by atoms with Crippen LogP contribution in [0.15, 0.2) is 64.6 Å². The molecule has 3 heteroatoms. The Morgan fingerprint density at radius 1 is 1.05 bits per heavy atom. The Labute approximate surface area is 117 Å². The number of hydrogen-bond acceptors (Lipinski definition) is 2. The fourth-order valence-electron chi connectivity index (χ4n) is 1.97. The van der Waals surface area contributed by atoms with Gasteiger partial charge in [-0.3, -0.25) is 9.98 Å². The minimum absolute atomic E-state index is 0.263. The van der Waals surface area contributed by atoms with Gasteiger partial charge in [-0.2, -0.15) is 0 Å². The number of halogens is 1. The van der Waals surface area contributed by atoms with Gasteiger partial charge in [-0.05, 0) is 36.8 Å². The number of hydrogen-bond donors (Lipinski definition) is 0. The van der Waals surface area contributed by atoms with Gasteiger partial charge in [-0.1, -0.05) is 41.9 Å². The van der Waals surface area contributed by atoms with E-state index >= 15 is 0 Å². The minimum atomic E-state index is -0.263. The maximum atomic E-state index is 5.84. The van der Waals surface area contributed by atoms with Crippen LogP contribution in [-0.2, 0) is 0 Å². The Morgan fingerprint density at radius 3 is 2.42 bits per heavy atom. The molecule has 0 radical (unpaired) electrons. The smallest absolute Gasteiger partial charge is 0.135 e. The van der Waals surface area contributed by atoms with Crippen molar-refractivity contribution < 1.29 is 0 Å². The molecule has 19 heavy (non-hydrogen) atoms. The molecular formula is C16H13ClN2. The molecule has 3 rings (SSSR count). The number of nitrogens with zero attached hydrogens (tertiary/aromatic N) is 2. The van der Waals surface area contributed by atoms with Crippen molar-refractivity contribution in [3.05, 3.63) is 65.2 Å². The first-order chi connectivity index (χ1) is 9.17. The largest absolute Gasteiger partial charge is 0.268 e. The van der Waals surface area contributed by atoms with Crippen LogP contribution in [0.3, 0.4) is 0 Å². The molecule has 0 fully saturated rings. The second-order valence-corrected chi connectivity index (χ2v) is 5.15. The van der Waals surface area contributed by atoms with E-state index in [0.717, 1.165) is 22.0 Å². The molecule has 1 aliphatic rings.